The normalized spacial score (nSPS) is 10.8. The highest BCUT2D eigenvalue weighted by molar-refractivity contribution is 5.95. The highest BCUT2D eigenvalue weighted by Gasteiger charge is 2.09. The van der Waals surface area contributed by atoms with Crippen LogP contribution in [0.25, 0.3) is 0 Å². The predicted octanol–water partition coefficient (Wildman–Crippen LogP) is 4.80. The number of carbonyl (C=O) groups is 1. The van der Waals surface area contributed by atoms with Gasteiger partial charge in [0.25, 0.3) is 11.6 Å². The van der Waals surface area contributed by atoms with Crippen LogP contribution in [0.2, 0.25) is 0 Å². The number of ether oxygens (including phenoxy) is 1. The minimum atomic E-state index is -0.538. The molecule has 8 nitrogen and oxygen atoms in total. The minimum absolute atomic E-state index is 0.0104. The van der Waals surface area contributed by atoms with Gasteiger partial charge in [0.05, 0.1) is 17.7 Å². The average Bonchev–Trinajstić information content (AvgIpc) is 2.74. The number of non-ortho nitro benzene ring substituents is 1. The Bertz CT molecular complexity index is 866. The zero-order chi connectivity index (χ0) is 21.8. The zero-order valence-corrected chi connectivity index (χ0v) is 17.0. The summed E-state index contributed by atoms with van der Waals surface area (Å²) < 4.78 is 5.65. The first-order chi connectivity index (χ1) is 14.5. The van der Waals surface area contributed by atoms with Gasteiger partial charge in [-0.25, -0.2) is 5.43 Å². The minimum Gasteiger partial charge on any atom is -0.507 e. The van der Waals surface area contributed by atoms with Crippen molar-refractivity contribution < 1.29 is 19.6 Å². The lowest BCUT2D eigenvalue weighted by Gasteiger charge is -2.08. The number of nitro groups is 1. The maximum absolute atomic E-state index is 12.0. The summed E-state index contributed by atoms with van der Waals surface area (Å²) >= 11 is 0. The van der Waals surface area contributed by atoms with Crippen molar-refractivity contribution in [3.05, 3.63) is 63.7 Å². The molecule has 0 unspecified atom stereocenters. The monoisotopic (exact) mass is 413 g/mol. The number of carbonyl (C=O) groups excluding carboxylic acids is 1. The van der Waals surface area contributed by atoms with Gasteiger partial charge in [-0.05, 0) is 30.7 Å². The summed E-state index contributed by atoms with van der Waals surface area (Å²) in [5.74, 6) is 0.0523. The lowest BCUT2D eigenvalue weighted by molar-refractivity contribution is -0.384. The van der Waals surface area contributed by atoms with E-state index in [4.69, 9.17) is 4.74 Å². The molecule has 30 heavy (non-hydrogen) atoms. The van der Waals surface area contributed by atoms with Gasteiger partial charge in [-0.1, -0.05) is 39.0 Å². The molecule has 1 amide bonds. The highest BCUT2D eigenvalue weighted by Crippen LogP contribution is 2.22. The number of nitrogens with one attached hydrogen (secondary N) is 1. The number of phenolic OH excluding ortho intramolecular Hbond substituents is 1. The Morgan fingerprint density at radius 2 is 1.83 bits per heavy atom. The topological polar surface area (TPSA) is 114 Å². The molecule has 0 aromatic heterocycles. The maximum atomic E-state index is 12.0. The number of nitro benzene ring substituents is 1. The Morgan fingerprint density at radius 1 is 1.13 bits per heavy atom. The maximum Gasteiger partial charge on any atom is 0.271 e. The molecule has 0 fully saturated rings. The number of hydrogen-bond acceptors (Lipinski definition) is 6. The van der Waals surface area contributed by atoms with E-state index in [1.54, 1.807) is 12.1 Å². The number of nitrogens with zero attached hydrogens (tertiary/aromatic N) is 2. The van der Waals surface area contributed by atoms with Crippen LogP contribution in [-0.2, 0) is 0 Å². The summed E-state index contributed by atoms with van der Waals surface area (Å²) in [7, 11) is 0. The third-order valence-electron chi connectivity index (χ3n) is 4.48. The Hall–Kier alpha value is -3.42. The summed E-state index contributed by atoms with van der Waals surface area (Å²) in [6.45, 7) is 2.79. The first-order valence-corrected chi connectivity index (χ1v) is 10.0. The van der Waals surface area contributed by atoms with E-state index < -0.39 is 10.8 Å². The lowest BCUT2D eigenvalue weighted by atomic mass is 10.1. The molecular weight excluding hydrogens is 386 g/mol. The van der Waals surface area contributed by atoms with Gasteiger partial charge in [0.2, 0.25) is 0 Å². The fraction of sp³-hybridized carbons (Fsp3) is 0.364. The molecule has 160 valence electrons. The Kier molecular flexibility index (Phi) is 9.30. The molecule has 8 heteroatoms. The molecule has 0 bridgehead atoms. The molecule has 0 radical (unpaired) electrons. The van der Waals surface area contributed by atoms with Crippen molar-refractivity contribution in [2.45, 2.75) is 45.4 Å². The van der Waals surface area contributed by atoms with E-state index in [9.17, 15) is 20.0 Å². The van der Waals surface area contributed by atoms with Crippen LogP contribution in [0.5, 0.6) is 11.5 Å². The third kappa shape index (κ3) is 7.54. The number of phenols is 1. The summed E-state index contributed by atoms with van der Waals surface area (Å²) in [6.07, 6.45) is 8.39. The third-order valence-corrected chi connectivity index (χ3v) is 4.48. The van der Waals surface area contributed by atoms with Crippen LogP contribution in [0.15, 0.2) is 47.6 Å². The largest absolute Gasteiger partial charge is 0.507 e. The number of hydrazone groups is 1. The molecule has 2 aromatic rings. The van der Waals surface area contributed by atoms with Crippen molar-refractivity contribution in [3.63, 3.8) is 0 Å². The van der Waals surface area contributed by atoms with E-state index in [2.05, 4.69) is 17.5 Å². The van der Waals surface area contributed by atoms with Crippen molar-refractivity contribution in [3.8, 4) is 11.5 Å². The molecule has 0 heterocycles. The van der Waals surface area contributed by atoms with Gasteiger partial charge in [0, 0.05) is 29.3 Å². The second-order valence-electron chi connectivity index (χ2n) is 6.84. The van der Waals surface area contributed by atoms with Crippen molar-refractivity contribution in [1.29, 1.82) is 0 Å². The SMILES string of the molecule is CCCCCCCCOc1ccc(/C=N/NC(=O)c2ccc([N+](=O)[O-])cc2)c(O)c1. The summed E-state index contributed by atoms with van der Waals surface area (Å²) in [5.41, 5.74) is 2.88. The van der Waals surface area contributed by atoms with Crippen LogP contribution in [0.4, 0.5) is 5.69 Å². The molecule has 2 aromatic carbocycles. The number of unbranched alkanes of at least 4 members (excludes halogenated alkanes) is 5. The van der Waals surface area contributed by atoms with Gasteiger partial charge in [-0.3, -0.25) is 14.9 Å². The average molecular weight is 413 g/mol. The van der Waals surface area contributed by atoms with E-state index >= 15 is 0 Å². The van der Waals surface area contributed by atoms with Crippen molar-refractivity contribution in [2.75, 3.05) is 6.61 Å². The van der Waals surface area contributed by atoms with Crippen LogP contribution in [0.3, 0.4) is 0 Å². The summed E-state index contributed by atoms with van der Waals surface area (Å²) in [5, 5.41) is 24.6. The second-order valence-corrected chi connectivity index (χ2v) is 6.84. The van der Waals surface area contributed by atoms with Gasteiger partial charge in [0.1, 0.15) is 11.5 Å². The standard InChI is InChI=1S/C22H27N3O5/c1-2-3-4-5-6-7-14-30-20-13-10-18(21(26)15-20)16-23-24-22(27)17-8-11-19(12-9-17)25(28)29/h8-13,15-16,26H,2-7,14H2,1H3,(H,24,27)/b23-16+. The predicted molar refractivity (Wildman–Crippen MR) is 115 cm³/mol. The molecule has 0 saturated carbocycles. The quantitative estimate of drug-likeness (QED) is 0.224. The van der Waals surface area contributed by atoms with E-state index in [0.29, 0.717) is 17.9 Å². The van der Waals surface area contributed by atoms with Crippen LogP contribution in [0.1, 0.15) is 61.4 Å². The first kappa shape index (κ1) is 22.9. The van der Waals surface area contributed by atoms with Crippen LogP contribution < -0.4 is 10.2 Å². The van der Waals surface area contributed by atoms with E-state index in [1.807, 2.05) is 0 Å². The number of aromatic hydroxyl groups is 1. The molecule has 2 rings (SSSR count). The van der Waals surface area contributed by atoms with E-state index in [0.717, 1.165) is 12.8 Å². The fourth-order valence-corrected chi connectivity index (χ4v) is 2.75. The number of rotatable bonds is 12. The van der Waals surface area contributed by atoms with Crippen molar-refractivity contribution >= 4 is 17.8 Å². The van der Waals surface area contributed by atoms with Crippen LogP contribution >= 0.6 is 0 Å². The molecule has 0 atom stereocenters. The second kappa shape index (κ2) is 12.2. The molecule has 0 spiro atoms. The number of benzene rings is 2. The molecule has 0 aliphatic carbocycles. The van der Waals surface area contributed by atoms with E-state index in [-0.39, 0.29) is 17.0 Å². The van der Waals surface area contributed by atoms with Crippen LogP contribution in [-0.4, -0.2) is 28.8 Å². The van der Waals surface area contributed by atoms with Gasteiger partial charge in [-0.2, -0.15) is 5.10 Å². The molecular formula is C22H27N3O5. The number of amides is 1. The smallest absolute Gasteiger partial charge is 0.271 e. The Labute approximate surface area is 175 Å². The van der Waals surface area contributed by atoms with Gasteiger partial charge < -0.3 is 9.84 Å². The summed E-state index contributed by atoms with van der Waals surface area (Å²) in [4.78, 5) is 22.1. The van der Waals surface area contributed by atoms with Crippen molar-refractivity contribution in [2.24, 2.45) is 5.10 Å². The van der Waals surface area contributed by atoms with Crippen LogP contribution in [0, 0.1) is 10.1 Å². The molecule has 0 saturated heterocycles. The Balaban J connectivity index is 1.80. The highest BCUT2D eigenvalue weighted by atomic mass is 16.6. The number of hydrogen-bond donors (Lipinski definition) is 2. The van der Waals surface area contributed by atoms with Gasteiger partial charge >= 0.3 is 0 Å². The van der Waals surface area contributed by atoms with Gasteiger partial charge in [-0.15, -0.1) is 0 Å². The summed E-state index contributed by atoms with van der Waals surface area (Å²) in [6, 6.07) is 10.1. The van der Waals surface area contributed by atoms with E-state index in [1.165, 1.54) is 62.2 Å². The van der Waals surface area contributed by atoms with Crippen molar-refractivity contribution in [1.82, 2.24) is 5.43 Å². The fourth-order valence-electron chi connectivity index (χ4n) is 2.75. The van der Waals surface area contributed by atoms with Gasteiger partial charge in [0.15, 0.2) is 0 Å². The zero-order valence-electron chi connectivity index (χ0n) is 17.0. The lowest BCUT2D eigenvalue weighted by Crippen LogP contribution is -2.17. The Morgan fingerprint density at radius 3 is 2.50 bits per heavy atom. The molecule has 0 aliphatic rings. The molecule has 0 aliphatic heterocycles. The molecule has 2 N–H and O–H groups in total. The first-order valence-electron chi connectivity index (χ1n) is 10.0.